The standard InChI is InChI=1S/C74H109F11N12O12/c1-11-41(2)60-68(107)91(6)40-58(100)92(7)51-20-13-12-16-31-96(67(51)106)55(35-43-23-26-46(27-24-43)72(77,78)79)66(105)90(5)39-56(98)86-50(28-25-44-32-48(75)59(49(76)33-44)74(83,84)85)64(103)97-38-47(73(80,81)82)36-53(97)63(102)88-71(29-17-30-71)70(109)95(10)61(45-18-14-15-19-45)69(108)94(9)54(65(104)89(3)4)37-57(99)93(8)52(62(101)87-60)34-42-21-22-42/h12-13,41-55,59-61H,11,14-40H2,1-10H3,(H,86,98)(H,87,101)(H,88,102)/b13-12-/t41-,43?,44?,46?,47+,48?,49?,50-,51-,52-,53-,54-,55-,59?,60-,61-/m0/s1. The van der Waals surface area contributed by atoms with E-state index in [4.69, 9.17) is 0 Å². The van der Waals surface area contributed by atoms with Gasteiger partial charge in [0.2, 0.25) is 70.9 Å². The van der Waals surface area contributed by atoms with E-state index in [1.165, 1.54) is 49.3 Å². The number of nitrogens with zero attached hydrogens (tertiary/aromatic N) is 9. The van der Waals surface area contributed by atoms with Crippen molar-refractivity contribution in [2.75, 3.05) is 82.6 Å². The van der Waals surface area contributed by atoms with Crippen molar-refractivity contribution in [1.29, 1.82) is 0 Å². The number of amides is 12. The van der Waals surface area contributed by atoms with Crippen molar-refractivity contribution in [3.63, 3.8) is 0 Å². The van der Waals surface area contributed by atoms with Crippen molar-refractivity contribution >= 4 is 70.9 Å². The molecule has 0 aromatic carbocycles. The molecule has 3 N–H and O–H groups in total. The van der Waals surface area contributed by atoms with Crippen molar-refractivity contribution in [1.82, 2.24) is 60.0 Å². The van der Waals surface area contributed by atoms with Gasteiger partial charge < -0.3 is 60.0 Å². The first-order valence-electron chi connectivity index (χ1n) is 38.3. The summed E-state index contributed by atoms with van der Waals surface area (Å²) >= 11 is 0. The van der Waals surface area contributed by atoms with Gasteiger partial charge in [0.1, 0.15) is 72.1 Å². The highest BCUT2D eigenvalue weighted by Crippen LogP contribution is 2.47. The number of rotatable bonds is 11. The molecule has 3 aliphatic heterocycles. The minimum atomic E-state index is -5.30. The molecule has 24 nitrogen and oxygen atoms in total. The van der Waals surface area contributed by atoms with Gasteiger partial charge >= 0.3 is 18.5 Å². The second-order valence-corrected chi connectivity index (χ2v) is 32.4. The average molecular weight is 1570 g/mol. The van der Waals surface area contributed by atoms with E-state index in [0.29, 0.717) is 49.8 Å². The zero-order chi connectivity index (χ0) is 80.9. The summed E-state index contributed by atoms with van der Waals surface area (Å²) in [5.41, 5.74) is -1.94. The van der Waals surface area contributed by atoms with E-state index < -0.39 is 255 Å². The number of alkyl halides is 11. The molecule has 109 heavy (non-hydrogen) atoms. The third-order valence-corrected chi connectivity index (χ3v) is 24.6. The number of hydrogen-bond donors (Lipinski definition) is 3. The Hall–Kier alpha value is -7.39. The van der Waals surface area contributed by atoms with Gasteiger partial charge in [-0.1, -0.05) is 58.1 Å². The number of hydrogen-bond acceptors (Lipinski definition) is 12. The van der Waals surface area contributed by atoms with Crippen LogP contribution in [0.3, 0.4) is 0 Å². The van der Waals surface area contributed by atoms with Gasteiger partial charge in [0.05, 0.1) is 31.3 Å². The van der Waals surface area contributed by atoms with Crippen molar-refractivity contribution in [3.05, 3.63) is 12.2 Å². The summed E-state index contributed by atoms with van der Waals surface area (Å²) in [5, 5.41) is 7.86. The topological polar surface area (TPSA) is 270 Å². The van der Waals surface area contributed by atoms with Gasteiger partial charge in [-0.05, 0) is 145 Å². The monoisotopic (exact) mass is 1570 g/mol. The van der Waals surface area contributed by atoms with Crippen LogP contribution in [0.5, 0.6) is 0 Å². The number of halogens is 11. The first-order valence-corrected chi connectivity index (χ1v) is 38.3. The van der Waals surface area contributed by atoms with E-state index in [1.807, 2.05) is 0 Å². The molecule has 0 radical (unpaired) electrons. The summed E-state index contributed by atoms with van der Waals surface area (Å²) in [7, 11) is 10.4. The van der Waals surface area contributed by atoms with E-state index in [2.05, 4.69) is 16.0 Å². The zero-order valence-electron chi connectivity index (χ0n) is 63.9. The summed E-state index contributed by atoms with van der Waals surface area (Å²) < 4.78 is 160. The number of carbonyl (C=O) groups excluding carboxylic acids is 12. The summed E-state index contributed by atoms with van der Waals surface area (Å²) in [6.07, 6.45) is -19.5. The maximum atomic E-state index is 15.5. The largest absolute Gasteiger partial charge is 0.397 e. The molecule has 35 heteroatoms. The average Bonchev–Trinajstić information content (AvgIpc) is 1.24. The van der Waals surface area contributed by atoms with Crippen LogP contribution >= 0.6 is 0 Å². The van der Waals surface area contributed by atoms with Crippen LogP contribution < -0.4 is 16.0 Å². The van der Waals surface area contributed by atoms with E-state index >= 15 is 50.7 Å². The van der Waals surface area contributed by atoms with Crippen molar-refractivity contribution in [2.45, 2.75) is 253 Å². The molecule has 12 amide bonds. The molecule has 0 aromatic rings. The van der Waals surface area contributed by atoms with Crippen molar-refractivity contribution < 1.29 is 106 Å². The van der Waals surface area contributed by atoms with Crippen LogP contribution in [-0.4, -0.2) is 282 Å². The van der Waals surface area contributed by atoms with Crippen molar-refractivity contribution in [2.24, 2.45) is 47.3 Å². The second-order valence-electron chi connectivity index (χ2n) is 32.4. The fourth-order valence-electron chi connectivity index (χ4n) is 17.1. The lowest BCUT2D eigenvalue weighted by Gasteiger charge is -2.46. The molecule has 2 unspecified atom stereocenters. The number of likely N-dealkylation sites (N-methyl/N-ethyl adjacent to an activating group) is 7. The van der Waals surface area contributed by atoms with Gasteiger partial charge in [0, 0.05) is 69.5 Å². The Bertz CT molecular complexity index is 3330. The summed E-state index contributed by atoms with van der Waals surface area (Å²) in [6.45, 7) is 0.243. The quantitative estimate of drug-likeness (QED) is 0.141. The van der Waals surface area contributed by atoms with Crippen LogP contribution in [-0.2, 0) is 57.5 Å². The second kappa shape index (κ2) is 36.0. The Labute approximate surface area is 629 Å². The first-order chi connectivity index (χ1) is 50.9. The number of nitrogens with one attached hydrogen (secondary N) is 3. The van der Waals surface area contributed by atoms with E-state index in [9.17, 15) is 55.1 Å². The molecule has 0 aromatic heterocycles. The smallest absolute Gasteiger partial charge is 0.347 e. The molecular formula is C74H109F11N12O12. The van der Waals surface area contributed by atoms with Crippen LogP contribution in [0.4, 0.5) is 48.3 Å². The maximum Gasteiger partial charge on any atom is 0.397 e. The first kappa shape index (κ1) is 87.2. The van der Waals surface area contributed by atoms with E-state index in [-0.39, 0.29) is 83.1 Å². The summed E-state index contributed by atoms with van der Waals surface area (Å²) in [4.78, 5) is 189. The van der Waals surface area contributed by atoms with Crippen LogP contribution in [0.2, 0.25) is 0 Å². The Morgan fingerprint density at radius 3 is 1.70 bits per heavy atom. The SMILES string of the molecule is CC[C@H](C)[C@@H]1NC(=O)[C@H](CC2CC2)N(C)C(=O)C[C@@H](C(=O)N(C)C)N(C)C(=O)[C@H](C2CCCC2)N(C)C(=O)C2(CCC2)NC(=O)[C@@H]2C[C@@H](C(F)(F)F)CN2C(=O)[C@H](CCC2CC(F)C(C(F)(F)F)C(F)C2)NC(=O)CN(C)C(=O)[C@H](CC2CCC(C(F)(F)F)CC2)N2CC/C=C\C[C@@H](C2=O)N(C)C(=O)CN(C)C1=O. The third kappa shape index (κ3) is 20.9. The van der Waals surface area contributed by atoms with Crippen LogP contribution in [0.15, 0.2) is 12.2 Å². The van der Waals surface area contributed by atoms with Gasteiger partial charge in [-0.25, -0.2) is 8.78 Å². The lowest BCUT2D eigenvalue weighted by molar-refractivity contribution is -0.219. The minimum Gasteiger partial charge on any atom is -0.347 e. The fourth-order valence-corrected chi connectivity index (χ4v) is 17.1. The van der Waals surface area contributed by atoms with Gasteiger partial charge in [0.25, 0.3) is 0 Å². The van der Waals surface area contributed by atoms with Crippen LogP contribution in [0, 0.1) is 47.3 Å². The molecule has 5 aliphatic carbocycles. The highest BCUT2D eigenvalue weighted by Gasteiger charge is 2.58. The predicted octanol–water partition coefficient (Wildman–Crippen LogP) is 6.88. The predicted molar refractivity (Wildman–Crippen MR) is 373 cm³/mol. The molecule has 2 saturated heterocycles. The van der Waals surface area contributed by atoms with E-state index in [0.717, 1.165) is 46.2 Å². The molecule has 5 saturated carbocycles. The van der Waals surface area contributed by atoms with Crippen molar-refractivity contribution in [3.8, 4) is 0 Å². The minimum absolute atomic E-state index is 0.0356. The molecular weight excluding hydrogens is 1460 g/mol. The maximum absolute atomic E-state index is 15.5. The zero-order valence-corrected chi connectivity index (χ0v) is 63.9. The fraction of sp³-hybridized carbons (Fsp3) is 0.811. The van der Waals surface area contributed by atoms with Crippen LogP contribution in [0.1, 0.15) is 168 Å². The lowest BCUT2D eigenvalue weighted by Crippen LogP contribution is -2.68. The van der Waals surface area contributed by atoms with E-state index in [1.54, 1.807) is 26.0 Å². The van der Waals surface area contributed by atoms with Gasteiger partial charge in [0.15, 0.2) is 0 Å². The number of fused-ring (bicyclic) bond motifs is 3. The Kier molecular flexibility index (Phi) is 28.8. The Morgan fingerprint density at radius 1 is 0.578 bits per heavy atom. The highest BCUT2D eigenvalue weighted by atomic mass is 19.4. The molecule has 1 spiro atoms. The molecule has 12 atom stereocenters. The molecule has 7 fully saturated rings. The van der Waals surface area contributed by atoms with Gasteiger partial charge in [-0.3, -0.25) is 57.5 Å². The molecule has 3 heterocycles. The molecule has 614 valence electrons. The number of carbonyl (C=O) groups is 12. The Balaban J connectivity index is 1.21. The van der Waals surface area contributed by atoms with Crippen LogP contribution in [0.25, 0.3) is 0 Å². The summed E-state index contributed by atoms with van der Waals surface area (Å²) in [5.74, 6) is -21.5. The molecule has 2 bridgehead atoms. The van der Waals surface area contributed by atoms with Gasteiger partial charge in [-0.15, -0.1) is 0 Å². The Morgan fingerprint density at radius 2 is 1.16 bits per heavy atom. The lowest BCUT2D eigenvalue weighted by atomic mass is 9.74. The third-order valence-electron chi connectivity index (χ3n) is 24.6. The highest BCUT2D eigenvalue weighted by molar-refractivity contribution is 6.01. The molecule has 8 aliphatic rings. The molecule has 8 rings (SSSR count). The normalized spacial score (nSPS) is 32.6. The van der Waals surface area contributed by atoms with Gasteiger partial charge in [-0.2, -0.15) is 39.5 Å². The summed E-state index contributed by atoms with van der Waals surface area (Å²) in [6, 6.07) is -12.7.